The van der Waals surface area contributed by atoms with Gasteiger partial charge in [-0.2, -0.15) is 5.10 Å². The van der Waals surface area contributed by atoms with E-state index in [0.29, 0.717) is 23.4 Å². The van der Waals surface area contributed by atoms with Gasteiger partial charge < -0.3 is 10.6 Å². The van der Waals surface area contributed by atoms with Crippen LogP contribution in [0.25, 0.3) is 10.9 Å². The van der Waals surface area contributed by atoms with E-state index < -0.39 is 18.0 Å². The van der Waals surface area contributed by atoms with Crippen molar-refractivity contribution in [2.24, 2.45) is 10.9 Å². The van der Waals surface area contributed by atoms with Crippen LogP contribution in [0.3, 0.4) is 0 Å². The van der Waals surface area contributed by atoms with E-state index in [9.17, 15) is 14.0 Å². The fourth-order valence-electron chi connectivity index (χ4n) is 3.43. The molecule has 8 heteroatoms. The number of nitrogens with zero attached hydrogens (tertiary/aromatic N) is 2. The first-order valence-electron chi connectivity index (χ1n) is 8.92. The Morgan fingerprint density at radius 3 is 2.75 bits per heavy atom. The Morgan fingerprint density at radius 2 is 2.00 bits per heavy atom. The standard InChI is InChI=1S/C20H18FN5O2/c1-2-15-17(18(25-20(28)24-15)11-3-5-13(21)6-4-11)19(27)23-14-7-8-16-12(9-14)10-22-26-16/h3-10,17-18H,2H2,1H3,(H,22,26)(H,23,27)(H,25,28). The van der Waals surface area contributed by atoms with Gasteiger partial charge in [0, 0.05) is 16.8 Å². The van der Waals surface area contributed by atoms with Gasteiger partial charge in [-0.3, -0.25) is 9.89 Å². The van der Waals surface area contributed by atoms with E-state index in [1.54, 1.807) is 24.4 Å². The normalized spacial score (nSPS) is 19.2. The Morgan fingerprint density at radius 1 is 1.21 bits per heavy atom. The molecule has 1 aliphatic heterocycles. The molecule has 0 bridgehead atoms. The van der Waals surface area contributed by atoms with E-state index in [0.717, 1.165) is 10.9 Å². The van der Waals surface area contributed by atoms with Crippen LogP contribution in [0.15, 0.2) is 53.7 Å². The SMILES string of the molecule is CCC1=NC(=O)NC(c2ccc(F)cc2)C1C(=O)Nc1ccc2[nH]ncc2c1. The number of urea groups is 1. The zero-order chi connectivity index (χ0) is 19.7. The van der Waals surface area contributed by atoms with Crippen LogP contribution in [0.4, 0.5) is 14.9 Å². The van der Waals surface area contributed by atoms with E-state index in [1.807, 2.05) is 19.1 Å². The Kier molecular flexibility index (Phi) is 4.60. The molecule has 2 atom stereocenters. The molecular weight excluding hydrogens is 361 g/mol. The average Bonchev–Trinajstić information content (AvgIpc) is 3.15. The third kappa shape index (κ3) is 3.36. The highest BCUT2D eigenvalue weighted by molar-refractivity contribution is 6.14. The van der Waals surface area contributed by atoms with Gasteiger partial charge in [-0.25, -0.2) is 14.2 Å². The Labute approximate surface area is 160 Å². The first-order valence-corrected chi connectivity index (χ1v) is 8.92. The zero-order valence-corrected chi connectivity index (χ0v) is 15.1. The van der Waals surface area contributed by atoms with Crippen molar-refractivity contribution in [1.29, 1.82) is 0 Å². The largest absolute Gasteiger partial charge is 0.341 e. The molecule has 3 amide bonds. The quantitative estimate of drug-likeness (QED) is 0.646. The molecule has 0 fully saturated rings. The van der Waals surface area contributed by atoms with Crippen LogP contribution >= 0.6 is 0 Å². The second kappa shape index (κ2) is 7.22. The maximum Gasteiger partial charge on any atom is 0.341 e. The number of carbonyl (C=O) groups is 2. The molecule has 0 radical (unpaired) electrons. The van der Waals surface area contributed by atoms with Crippen molar-refractivity contribution < 1.29 is 14.0 Å². The number of fused-ring (bicyclic) bond motifs is 1. The van der Waals surface area contributed by atoms with Gasteiger partial charge in [0.2, 0.25) is 5.91 Å². The number of H-pyrrole nitrogens is 1. The summed E-state index contributed by atoms with van der Waals surface area (Å²) in [6.45, 7) is 1.84. The Bertz CT molecular complexity index is 1070. The number of rotatable bonds is 4. The number of nitrogens with one attached hydrogen (secondary N) is 3. The third-order valence-corrected chi connectivity index (χ3v) is 4.80. The Balaban J connectivity index is 1.67. The van der Waals surface area contributed by atoms with Crippen molar-refractivity contribution in [2.45, 2.75) is 19.4 Å². The maximum absolute atomic E-state index is 13.3. The van der Waals surface area contributed by atoms with Gasteiger partial charge in [-0.05, 0) is 42.3 Å². The fourth-order valence-corrected chi connectivity index (χ4v) is 3.43. The zero-order valence-electron chi connectivity index (χ0n) is 15.1. The molecule has 0 saturated heterocycles. The number of hydrogen-bond donors (Lipinski definition) is 3. The summed E-state index contributed by atoms with van der Waals surface area (Å²) >= 11 is 0. The highest BCUT2D eigenvalue weighted by Gasteiger charge is 2.38. The summed E-state index contributed by atoms with van der Waals surface area (Å²) in [5, 5.41) is 13.3. The summed E-state index contributed by atoms with van der Waals surface area (Å²) in [5.41, 5.74) is 2.60. The summed E-state index contributed by atoms with van der Waals surface area (Å²) in [5.74, 6) is -1.38. The molecule has 0 aliphatic carbocycles. The number of hydrogen-bond acceptors (Lipinski definition) is 3. The molecule has 3 N–H and O–H groups in total. The summed E-state index contributed by atoms with van der Waals surface area (Å²) < 4.78 is 13.3. The van der Waals surface area contributed by atoms with E-state index in [1.165, 1.54) is 12.1 Å². The minimum absolute atomic E-state index is 0.294. The second-order valence-electron chi connectivity index (χ2n) is 6.57. The molecular formula is C20H18FN5O2. The topological polar surface area (TPSA) is 99.2 Å². The van der Waals surface area contributed by atoms with Gasteiger partial charge in [0.1, 0.15) is 11.7 Å². The highest BCUT2D eigenvalue weighted by Crippen LogP contribution is 2.30. The molecule has 2 aromatic carbocycles. The summed E-state index contributed by atoms with van der Waals surface area (Å²) in [6, 6.07) is 10.0. The first kappa shape index (κ1) is 17.8. The highest BCUT2D eigenvalue weighted by atomic mass is 19.1. The summed E-state index contributed by atoms with van der Waals surface area (Å²) in [6.07, 6.45) is 2.12. The number of carbonyl (C=O) groups excluding carboxylic acids is 2. The molecule has 2 heterocycles. The number of halogens is 1. The van der Waals surface area contributed by atoms with Crippen LogP contribution in [0.1, 0.15) is 24.9 Å². The summed E-state index contributed by atoms with van der Waals surface area (Å²) in [7, 11) is 0. The van der Waals surface area contributed by atoms with Gasteiger partial charge in [0.15, 0.2) is 0 Å². The molecule has 142 valence electrons. The molecule has 3 aromatic rings. The molecule has 2 unspecified atom stereocenters. The van der Waals surface area contributed by atoms with E-state index in [-0.39, 0.29) is 11.7 Å². The van der Waals surface area contributed by atoms with Crippen LogP contribution in [0, 0.1) is 11.7 Å². The minimum Gasteiger partial charge on any atom is -0.328 e. The van der Waals surface area contributed by atoms with Crippen LogP contribution in [-0.4, -0.2) is 27.8 Å². The van der Waals surface area contributed by atoms with Crippen molar-refractivity contribution in [3.8, 4) is 0 Å². The predicted molar refractivity (Wildman–Crippen MR) is 104 cm³/mol. The lowest BCUT2D eigenvalue weighted by Crippen LogP contribution is -2.46. The first-order chi connectivity index (χ1) is 13.5. The smallest absolute Gasteiger partial charge is 0.328 e. The van der Waals surface area contributed by atoms with Crippen molar-refractivity contribution >= 4 is 34.2 Å². The fraction of sp³-hybridized carbons (Fsp3) is 0.200. The number of aliphatic imine (C=N–C) groups is 1. The van der Waals surface area contributed by atoms with Gasteiger partial charge >= 0.3 is 6.03 Å². The Hall–Kier alpha value is -3.55. The van der Waals surface area contributed by atoms with Crippen molar-refractivity contribution in [3.63, 3.8) is 0 Å². The van der Waals surface area contributed by atoms with Crippen LogP contribution < -0.4 is 10.6 Å². The maximum atomic E-state index is 13.3. The van der Waals surface area contributed by atoms with Gasteiger partial charge in [-0.1, -0.05) is 19.1 Å². The van der Waals surface area contributed by atoms with E-state index in [2.05, 4.69) is 25.8 Å². The number of aromatic nitrogens is 2. The third-order valence-electron chi connectivity index (χ3n) is 4.80. The van der Waals surface area contributed by atoms with Crippen molar-refractivity contribution in [1.82, 2.24) is 15.5 Å². The van der Waals surface area contributed by atoms with Crippen LogP contribution in [0.2, 0.25) is 0 Å². The minimum atomic E-state index is -0.701. The van der Waals surface area contributed by atoms with Gasteiger partial charge in [-0.15, -0.1) is 0 Å². The lowest BCUT2D eigenvalue weighted by Gasteiger charge is -2.31. The molecule has 1 aromatic heterocycles. The van der Waals surface area contributed by atoms with Gasteiger partial charge in [0.05, 0.1) is 17.8 Å². The molecule has 0 spiro atoms. The van der Waals surface area contributed by atoms with E-state index in [4.69, 9.17) is 0 Å². The molecule has 1 aliphatic rings. The van der Waals surface area contributed by atoms with Crippen molar-refractivity contribution in [2.75, 3.05) is 5.32 Å². The number of benzene rings is 2. The van der Waals surface area contributed by atoms with Gasteiger partial charge in [0.25, 0.3) is 0 Å². The number of aromatic amines is 1. The molecule has 7 nitrogen and oxygen atoms in total. The number of amides is 3. The predicted octanol–water partition coefficient (Wildman–Crippen LogP) is 3.57. The molecule has 0 saturated carbocycles. The molecule has 4 rings (SSSR count). The van der Waals surface area contributed by atoms with E-state index >= 15 is 0 Å². The summed E-state index contributed by atoms with van der Waals surface area (Å²) in [4.78, 5) is 29.1. The second-order valence-corrected chi connectivity index (χ2v) is 6.57. The lowest BCUT2D eigenvalue weighted by atomic mass is 9.85. The van der Waals surface area contributed by atoms with Crippen molar-refractivity contribution in [3.05, 3.63) is 60.0 Å². The molecule has 28 heavy (non-hydrogen) atoms. The average molecular weight is 379 g/mol. The lowest BCUT2D eigenvalue weighted by molar-refractivity contribution is -0.118. The van der Waals surface area contributed by atoms with Crippen LogP contribution in [-0.2, 0) is 4.79 Å². The number of anilines is 1. The van der Waals surface area contributed by atoms with Crippen LogP contribution in [0.5, 0.6) is 0 Å². The monoisotopic (exact) mass is 379 g/mol.